The first-order valence-corrected chi connectivity index (χ1v) is 9.19. The number of rotatable bonds is 2. The van der Waals surface area contributed by atoms with Gasteiger partial charge in [-0.25, -0.2) is 0 Å². The van der Waals surface area contributed by atoms with Crippen LogP contribution in [0.3, 0.4) is 0 Å². The number of esters is 1. The molecule has 0 aromatic heterocycles. The third kappa shape index (κ3) is 2.47. The second kappa shape index (κ2) is 5.61. The van der Waals surface area contributed by atoms with Gasteiger partial charge in [0.15, 0.2) is 0 Å². The number of hydrogen-bond donors (Lipinski definition) is 1. The highest BCUT2D eigenvalue weighted by molar-refractivity contribution is 5.77. The van der Waals surface area contributed by atoms with E-state index in [4.69, 9.17) is 4.74 Å². The zero-order chi connectivity index (χ0) is 16.9. The third-order valence-electron chi connectivity index (χ3n) is 7.42. The Kier molecular flexibility index (Phi) is 4.15. The molecule has 0 aliphatic heterocycles. The number of carbonyl (C=O) groups is 1. The molecule has 3 nitrogen and oxygen atoms in total. The molecule has 0 bridgehead atoms. The summed E-state index contributed by atoms with van der Waals surface area (Å²) in [5.74, 6) is 0.947. The van der Waals surface area contributed by atoms with Crippen LogP contribution in [0, 0.1) is 28.1 Å². The number of fused-ring (bicyclic) bond motifs is 3. The van der Waals surface area contributed by atoms with Gasteiger partial charge in [-0.3, -0.25) is 4.79 Å². The van der Waals surface area contributed by atoms with Crippen LogP contribution >= 0.6 is 0 Å². The minimum Gasteiger partial charge on any atom is -0.469 e. The van der Waals surface area contributed by atoms with Crippen LogP contribution in [0.4, 0.5) is 0 Å². The molecule has 5 atom stereocenters. The lowest BCUT2D eigenvalue weighted by molar-refractivity contribution is -0.164. The van der Waals surface area contributed by atoms with Crippen LogP contribution in [0.1, 0.15) is 65.7 Å². The van der Waals surface area contributed by atoms with Crippen molar-refractivity contribution in [3.63, 3.8) is 0 Å². The van der Waals surface area contributed by atoms with Crippen molar-refractivity contribution in [2.45, 2.75) is 65.7 Å². The summed E-state index contributed by atoms with van der Waals surface area (Å²) in [5.41, 5.74) is 1.40. The van der Waals surface area contributed by atoms with Gasteiger partial charge < -0.3 is 9.84 Å². The fourth-order valence-electron chi connectivity index (χ4n) is 6.10. The van der Waals surface area contributed by atoms with Crippen LogP contribution in [0.25, 0.3) is 0 Å². The van der Waals surface area contributed by atoms with Crippen molar-refractivity contribution in [2.75, 3.05) is 13.7 Å². The fourth-order valence-corrected chi connectivity index (χ4v) is 6.10. The molecule has 0 radical (unpaired) electrons. The normalized spacial score (nSPS) is 46.4. The summed E-state index contributed by atoms with van der Waals surface area (Å²) in [7, 11) is 1.53. The average Bonchev–Trinajstić information content (AvgIpc) is 2.53. The van der Waals surface area contributed by atoms with Crippen molar-refractivity contribution in [1.29, 1.82) is 0 Å². The van der Waals surface area contributed by atoms with Gasteiger partial charge in [0, 0.05) is 6.61 Å². The average molecular weight is 320 g/mol. The second-order valence-corrected chi connectivity index (χ2v) is 9.04. The molecule has 2 saturated carbocycles. The highest BCUT2D eigenvalue weighted by Crippen LogP contribution is 2.63. The Hall–Kier alpha value is -0.830. The lowest BCUT2D eigenvalue weighted by atomic mass is 9.46. The van der Waals surface area contributed by atoms with E-state index in [0.29, 0.717) is 11.8 Å². The molecule has 3 rings (SSSR count). The number of allylic oxidation sites excluding steroid dienone is 2. The smallest absolute Gasteiger partial charge is 0.311 e. The van der Waals surface area contributed by atoms with E-state index in [0.717, 1.165) is 38.5 Å². The Morgan fingerprint density at radius 3 is 2.70 bits per heavy atom. The molecule has 0 spiro atoms. The molecule has 2 fully saturated rings. The van der Waals surface area contributed by atoms with Gasteiger partial charge in [-0.05, 0) is 68.1 Å². The lowest BCUT2D eigenvalue weighted by Gasteiger charge is -2.58. The van der Waals surface area contributed by atoms with E-state index in [-0.39, 0.29) is 28.8 Å². The molecule has 3 aliphatic carbocycles. The van der Waals surface area contributed by atoms with Gasteiger partial charge in [0.1, 0.15) is 0 Å². The molecule has 1 unspecified atom stereocenters. The van der Waals surface area contributed by atoms with Gasteiger partial charge in [0.2, 0.25) is 0 Å². The van der Waals surface area contributed by atoms with E-state index in [1.807, 2.05) is 0 Å². The number of hydrogen-bond acceptors (Lipinski definition) is 3. The van der Waals surface area contributed by atoms with E-state index >= 15 is 0 Å². The topological polar surface area (TPSA) is 46.5 Å². The van der Waals surface area contributed by atoms with E-state index in [2.05, 4.69) is 26.8 Å². The molecule has 0 saturated heterocycles. The maximum Gasteiger partial charge on any atom is 0.311 e. The molecular formula is C20H32O3. The number of aliphatic hydroxyl groups excluding tert-OH is 1. The van der Waals surface area contributed by atoms with E-state index < -0.39 is 0 Å². The van der Waals surface area contributed by atoms with Gasteiger partial charge in [0.05, 0.1) is 12.5 Å². The first-order chi connectivity index (χ1) is 10.8. The largest absolute Gasteiger partial charge is 0.469 e. The Labute approximate surface area is 140 Å². The van der Waals surface area contributed by atoms with Gasteiger partial charge in [-0.1, -0.05) is 31.9 Å². The number of carbonyl (C=O) groups excluding carboxylic acids is 1. The zero-order valence-electron chi connectivity index (χ0n) is 15.2. The van der Waals surface area contributed by atoms with Crippen LogP contribution in [0.5, 0.6) is 0 Å². The van der Waals surface area contributed by atoms with Crippen molar-refractivity contribution >= 4 is 5.97 Å². The van der Waals surface area contributed by atoms with Crippen LogP contribution < -0.4 is 0 Å². The van der Waals surface area contributed by atoms with Crippen molar-refractivity contribution in [3.05, 3.63) is 11.6 Å². The molecule has 0 heterocycles. The summed E-state index contributed by atoms with van der Waals surface area (Å²) in [5, 5.41) is 9.73. The van der Waals surface area contributed by atoms with E-state index in [9.17, 15) is 9.90 Å². The van der Waals surface area contributed by atoms with Gasteiger partial charge in [0.25, 0.3) is 0 Å². The van der Waals surface area contributed by atoms with Crippen LogP contribution in [-0.4, -0.2) is 24.8 Å². The van der Waals surface area contributed by atoms with Gasteiger partial charge >= 0.3 is 5.97 Å². The van der Waals surface area contributed by atoms with Crippen LogP contribution in [-0.2, 0) is 9.53 Å². The monoisotopic (exact) mass is 320 g/mol. The quantitative estimate of drug-likeness (QED) is 0.615. The van der Waals surface area contributed by atoms with Crippen molar-refractivity contribution < 1.29 is 14.6 Å². The van der Waals surface area contributed by atoms with Crippen molar-refractivity contribution in [2.24, 2.45) is 28.1 Å². The number of methoxy groups -OCH3 is 1. The minimum atomic E-state index is -0.342. The molecule has 0 aromatic carbocycles. The van der Waals surface area contributed by atoms with Gasteiger partial charge in [-0.15, -0.1) is 0 Å². The molecule has 1 N–H and O–H groups in total. The highest BCUT2D eigenvalue weighted by Gasteiger charge is 2.58. The molecule has 130 valence electrons. The fraction of sp³-hybridized carbons (Fsp3) is 0.850. The summed E-state index contributed by atoms with van der Waals surface area (Å²) in [4.78, 5) is 12.5. The molecule has 0 amide bonds. The first kappa shape index (κ1) is 17.0. The van der Waals surface area contributed by atoms with Crippen molar-refractivity contribution in [3.8, 4) is 0 Å². The predicted molar refractivity (Wildman–Crippen MR) is 90.8 cm³/mol. The molecule has 23 heavy (non-hydrogen) atoms. The second-order valence-electron chi connectivity index (χ2n) is 9.04. The minimum absolute atomic E-state index is 0.0246. The maximum absolute atomic E-state index is 12.5. The lowest BCUT2D eigenvalue weighted by Crippen LogP contribution is -2.53. The Morgan fingerprint density at radius 1 is 1.30 bits per heavy atom. The highest BCUT2D eigenvalue weighted by atomic mass is 16.5. The maximum atomic E-state index is 12.5. The van der Waals surface area contributed by atoms with Crippen molar-refractivity contribution in [1.82, 2.24) is 0 Å². The Balaban J connectivity index is 1.96. The summed E-state index contributed by atoms with van der Waals surface area (Å²) >= 11 is 0. The predicted octanol–water partition coefficient (Wildman–Crippen LogP) is 4.10. The van der Waals surface area contributed by atoms with E-state index in [1.54, 1.807) is 5.57 Å². The summed E-state index contributed by atoms with van der Waals surface area (Å²) in [6, 6.07) is 0. The SMILES string of the molecule is COC(=O)[C@]1(C)CCC[C@@]2(C)C3=CC[C@](C)(CO)CC3CC[C@H]12. The zero-order valence-corrected chi connectivity index (χ0v) is 15.2. The van der Waals surface area contributed by atoms with Crippen LogP contribution in [0.15, 0.2) is 11.6 Å². The third-order valence-corrected chi connectivity index (χ3v) is 7.42. The molecule has 3 aliphatic rings. The molecule has 0 aromatic rings. The molecule has 3 heteroatoms. The Bertz CT molecular complexity index is 525. The summed E-state index contributed by atoms with van der Waals surface area (Å²) in [6.07, 6.45) is 9.95. The summed E-state index contributed by atoms with van der Waals surface area (Å²) in [6.45, 7) is 6.99. The standard InChI is InChI=1S/C20H32O3/c1-18(13-21)11-8-15-14(12-18)6-7-16-19(15,2)9-5-10-20(16,3)17(22)23-4/h8,14,16,21H,5-7,9-13H2,1-4H3/t14?,16-,18-,19-,20+/m0/s1. The summed E-state index contributed by atoms with van der Waals surface area (Å²) < 4.78 is 5.18. The first-order valence-electron chi connectivity index (χ1n) is 9.19. The molecular weight excluding hydrogens is 288 g/mol. The van der Waals surface area contributed by atoms with E-state index in [1.165, 1.54) is 13.5 Å². The van der Waals surface area contributed by atoms with Crippen LogP contribution in [0.2, 0.25) is 0 Å². The Morgan fingerprint density at radius 2 is 2.04 bits per heavy atom. The number of aliphatic hydroxyl groups is 1. The van der Waals surface area contributed by atoms with Gasteiger partial charge in [-0.2, -0.15) is 0 Å². The number of ether oxygens (including phenoxy) is 1.